The number of nitrogens with zero attached hydrogens (tertiary/aromatic N) is 1. The van der Waals surface area contributed by atoms with Crippen molar-refractivity contribution in [2.75, 3.05) is 13.2 Å². The van der Waals surface area contributed by atoms with Gasteiger partial charge in [0.1, 0.15) is 0 Å². The minimum Gasteiger partial charge on any atom is -0.389 e. The molecular formula is C12H17NO2S. The number of rotatable bonds is 3. The Hall–Kier alpha value is -0.580. The van der Waals surface area contributed by atoms with Gasteiger partial charge in [-0.15, -0.1) is 11.8 Å². The molecule has 2 heterocycles. The van der Waals surface area contributed by atoms with Crippen LogP contribution in [0.5, 0.6) is 0 Å². The Morgan fingerprint density at radius 2 is 2.25 bits per heavy atom. The van der Waals surface area contributed by atoms with Gasteiger partial charge in [0, 0.05) is 24.7 Å². The van der Waals surface area contributed by atoms with Gasteiger partial charge in [-0.25, -0.2) is 4.98 Å². The summed E-state index contributed by atoms with van der Waals surface area (Å²) < 4.78 is 5.33. The summed E-state index contributed by atoms with van der Waals surface area (Å²) >= 11 is 1.79. The first-order valence-corrected chi connectivity index (χ1v) is 6.52. The number of aliphatic hydroxyl groups is 1. The van der Waals surface area contributed by atoms with E-state index in [1.54, 1.807) is 24.9 Å². The molecule has 4 heteroatoms. The molecule has 0 radical (unpaired) electrons. The van der Waals surface area contributed by atoms with E-state index in [4.69, 9.17) is 4.74 Å². The average molecular weight is 239 g/mol. The molecule has 0 amide bonds. The van der Waals surface area contributed by atoms with Crippen molar-refractivity contribution in [1.82, 2.24) is 4.98 Å². The van der Waals surface area contributed by atoms with Crippen LogP contribution in [0.3, 0.4) is 0 Å². The summed E-state index contributed by atoms with van der Waals surface area (Å²) in [7, 11) is 0. The fraction of sp³-hybridized carbons (Fsp3) is 0.583. The Bertz CT molecular complexity index is 338. The number of aliphatic hydroxyl groups excluding tert-OH is 1. The number of pyridine rings is 1. The Kier molecular flexibility index (Phi) is 4.21. The summed E-state index contributed by atoms with van der Waals surface area (Å²) in [6, 6.07) is 3.84. The predicted molar refractivity (Wildman–Crippen MR) is 64.6 cm³/mol. The van der Waals surface area contributed by atoms with Gasteiger partial charge < -0.3 is 9.84 Å². The topological polar surface area (TPSA) is 42.4 Å². The van der Waals surface area contributed by atoms with Crippen molar-refractivity contribution >= 4 is 11.8 Å². The van der Waals surface area contributed by atoms with Gasteiger partial charge in [-0.3, -0.25) is 0 Å². The summed E-state index contributed by atoms with van der Waals surface area (Å²) in [5, 5.41) is 11.1. The first-order valence-electron chi connectivity index (χ1n) is 5.64. The van der Waals surface area contributed by atoms with Gasteiger partial charge in [0.25, 0.3) is 0 Å². The van der Waals surface area contributed by atoms with E-state index in [9.17, 15) is 5.11 Å². The zero-order valence-corrected chi connectivity index (χ0v) is 10.2. The minimum atomic E-state index is -0.419. The largest absolute Gasteiger partial charge is 0.389 e. The molecule has 0 aliphatic carbocycles. The van der Waals surface area contributed by atoms with Crippen molar-refractivity contribution in [2.24, 2.45) is 0 Å². The molecule has 0 spiro atoms. The van der Waals surface area contributed by atoms with Gasteiger partial charge in [0.15, 0.2) is 0 Å². The van der Waals surface area contributed by atoms with Crippen LogP contribution >= 0.6 is 11.8 Å². The van der Waals surface area contributed by atoms with E-state index in [1.165, 1.54) is 0 Å². The Labute approximate surface area is 100 Å². The van der Waals surface area contributed by atoms with Crippen LogP contribution < -0.4 is 0 Å². The molecule has 0 bridgehead atoms. The van der Waals surface area contributed by atoms with Crippen molar-refractivity contribution in [1.29, 1.82) is 0 Å². The summed E-state index contributed by atoms with van der Waals surface area (Å²) in [6.07, 6.45) is 3.53. The number of ether oxygens (including phenoxy) is 1. The molecule has 16 heavy (non-hydrogen) atoms. The molecule has 88 valence electrons. The minimum absolute atomic E-state index is 0.419. The molecular weight excluding hydrogens is 222 g/mol. The molecule has 1 unspecified atom stereocenters. The fourth-order valence-corrected chi connectivity index (χ4v) is 2.81. The zero-order chi connectivity index (χ0) is 11.4. The third-order valence-corrected chi connectivity index (χ3v) is 3.97. The van der Waals surface area contributed by atoms with Crippen LogP contribution in [0.25, 0.3) is 0 Å². The van der Waals surface area contributed by atoms with Gasteiger partial charge in [-0.2, -0.15) is 0 Å². The van der Waals surface area contributed by atoms with Crippen LogP contribution in [0, 0.1) is 0 Å². The number of hydrogen-bond acceptors (Lipinski definition) is 4. The lowest BCUT2D eigenvalue weighted by molar-refractivity contribution is 0.1000. The first kappa shape index (κ1) is 11.9. The number of aromatic nitrogens is 1. The SMILES string of the molecule is CC(O)c1ccnc(SC2CCOCC2)c1. The second kappa shape index (κ2) is 5.66. The smallest absolute Gasteiger partial charge is 0.0966 e. The Morgan fingerprint density at radius 1 is 1.50 bits per heavy atom. The van der Waals surface area contributed by atoms with Crippen molar-refractivity contribution in [2.45, 2.75) is 36.1 Å². The molecule has 0 saturated carbocycles. The summed E-state index contributed by atoms with van der Waals surface area (Å²) in [5.41, 5.74) is 0.935. The van der Waals surface area contributed by atoms with Crippen LogP contribution in [-0.4, -0.2) is 28.6 Å². The van der Waals surface area contributed by atoms with Gasteiger partial charge in [-0.05, 0) is 37.5 Å². The Balaban J connectivity index is 2.00. The predicted octanol–water partition coefficient (Wildman–Crippen LogP) is 2.41. The maximum Gasteiger partial charge on any atom is 0.0966 e. The number of hydrogen-bond donors (Lipinski definition) is 1. The molecule has 1 saturated heterocycles. The number of thioether (sulfide) groups is 1. The molecule has 1 atom stereocenters. The maximum atomic E-state index is 9.50. The lowest BCUT2D eigenvalue weighted by Gasteiger charge is -2.21. The van der Waals surface area contributed by atoms with E-state index in [2.05, 4.69) is 4.98 Å². The summed E-state index contributed by atoms with van der Waals surface area (Å²) in [4.78, 5) is 4.33. The van der Waals surface area contributed by atoms with Crippen molar-refractivity contribution in [3.63, 3.8) is 0 Å². The summed E-state index contributed by atoms with van der Waals surface area (Å²) in [6.45, 7) is 3.49. The normalized spacial score (nSPS) is 19.6. The quantitative estimate of drug-likeness (QED) is 0.879. The van der Waals surface area contributed by atoms with Gasteiger partial charge in [0.05, 0.1) is 11.1 Å². The lowest BCUT2D eigenvalue weighted by atomic mass is 10.2. The van der Waals surface area contributed by atoms with Crippen LogP contribution in [0.4, 0.5) is 0 Å². The highest BCUT2D eigenvalue weighted by Gasteiger charge is 2.16. The van der Waals surface area contributed by atoms with E-state index in [0.717, 1.165) is 36.6 Å². The van der Waals surface area contributed by atoms with Gasteiger partial charge >= 0.3 is 0 Å². The zero-order valence-electron chi connectivity index (χ0n) is 9.43. The molecule has 1 aromatic rings. The van der Waals surface area contributed by atoms with E-state index in [1.807, 2.05) is 12.1 Å². The average Bonchev–Trinajstić information content (AvgIpc) is 2.30. The standard InChI is InChI=1S/C12H17NO2S/c1-9(14)10-2-5-13-12(8-10)16-11-3-6-15-7-4-11/h2,5,8-9,11,14H,3-4,6-7H2,1H3. The monoisotopic (exact) mass is 239 g/mol. The highest BCUT2D eigenvalue weighted by Crippen LogP contribution is 2.29. The molecule has 1 aliphatic heterocycles. The van der Waals surface area contributed by atoms with E-state index in [-0.39, 0.29) is 0 Å². The molecule has 1 N–H and O–H groups in total. The van der Waals surface area contributed by atoms with E-state index >= 15 is 0 Å². The van der Waals surface area contributed by atoms with Crippen LogP contribution in [0.1, 0.15) is 31.4 Å². The highest BCUT2D eigenvalue weighted by atomic mass is 32.2. The fourth-order valence-electron chi connectivity index (χ4n) is 1.71. The van der Waals surface area contributed by atoms with Crippen molar-refractivity contribution in [3.8, 4) is 0 Å². The van der Waals surface area contributed by atoms with Gasteiger partial charge in [-0.1, -0.05) is 0 Å². The lowest BCUT2D eigenvalue weighted by Crippen LogP contribution is -2.17. The molecule has 3 nitrogen and oxygen atoms in total. The summed E-state index contributed by atoms with van der Waals surface area (Å²) in [5.74, 6) is 0. The van der Waals surface area contributed by atoms with E-state index in [0.29, 0.717) is 5.25 Å². The van der Waals surface area contributed by atoms with Crippen LogP contribution in [0.2, 0.25) is 0 Å². The highest BCUT2D eigenvalue weighted by molar-refractivity contribution is 7.99. The second-order valence-corrected chi connectivity index (χ2v) is 5.35. The molecule has 0 aromatic carbocycles. The van der Waals surface area contributed by atoms with Crippen molar-refractivity contribution in [3.05, 3.63) is 23.9 Å². The third kappa shape index (κ3) is 3.20. The van der Waals surface area contributed by atoms with Crippen LogP contribution in [-0.2, 0) is 4.74 Å². The van der Waals surface area contributed by atoms with Gasteiger partial charge in [0.2, 0.25) is 0 Å². The maximum absolute atomic E-state index is 9.50. The van der Waals surface area contributed by atoms with Crippen LogP contribution in [0.15, 0.2) is 23.4 Å². The third-order valence-electron chi connectivity index (χ3n) is 2.70. The molecule has 1 aromatic heterocycles. The van der Waals surface area contributed by atoms with E-state index < -0.39 is 6.10 Å². The molecule has 2 rings (SSSR count). The Morgan fingerprint density at radius 3 is 2.94 bits per heavy atom. The van der Waals surface area contributed by atoms with Crippen molar-refractivity contribution < 1.29 is 9.84 Å². The first-order chi connectivity index (χ1) is 7.75. The molecule has 1 fully saturated rings. The second-order valence-electron chi connectivity index (χ2n) is 4.03. The molecule has 1 aliphatic rings.